The largest absolute Gasteiger partial charge is 0.492 e. The van der Waals surface area contributed by atoms with Crippen molar-refractivity contribution in [3.8, 4) is 11.5 Å². The van der Waals surface area contributed by atoms with Crippen LogP contribution in [-0.2, 0) is 10.2 Å². The molecule has 1 saturated carbocycles. The zero-order valence-electron chi connectivity index (χ0n) is 13.5. The van der Waals surface area contributed by atoms with Gasteiger partial charge in [0.25, 0.3) is 0 Å². The molecule has 1 aromatic carbocycles. The molecule has 2 rings (SSSR count). The van der Waals surface area contributed by atoms with Gasteiger partial charge in [0.2, 0.25) is 0 Å². The first-order valence-electron chi connectivity index (χ1n) is 7.57. The topological polar surface area (TPSA) is 55.8 Å². The maximum absolute atomic E-state index is 12.0. The summed E-state index contributed by atoms with van der Waals surface area (Å²) in [6, 6.07) is 1.76. The minimum atomic E-state index is -0.872. The van der Waals surface area contributed by atoms with Crippen molar-refractivity contribution in [3.63, 3.8) is 0 Å². The molecule has 4 nitrogen and oxygen atoms in total. The molecular formula is C17H23ClO4. The van der Waals surface area contributed by atoms with Crippen molar-refractivity contribution < 1.29 is 19.4 Å². The van der Waals surface area contributed by atoms with Gasteiger partial charge in [0, 0.05) is 5.56 Å². The Morgan fingerprint density at radius 1 is 1.23 bits per heavy atom. The van der Waals surface area contributed by atoms with E-state index < -0.39 is 11.4 Å². The summed E-state index contributed by atoms with van der Waals surface area (Å²) in [5.41, 5.74) is 0.784. The van der Waals surface area contributed by atoms with Gasteiger partial charge in [0.15, 0.2) is 11.5 Å². The van der Waals surface area contributed by atoms with Crippen LogP contribution in [0.4, 0.5) is 0 Å². The van der Waals surface area contributed by atoms with Crippen LogP contribution in [0, 0.1) is 0 Å². The lowest BCUT2D eigenvalue weighted by atomic mass is 9.74. The maximum Gasteiger partial charge on any atom is 0.314 e. The van der Waals surface area contributed by atoms with Crippen molar-refractivity contribution in [1.29, 1.82) is 0 Å². The fourth-order valence-electron chi connectivity index (χ4n) is 3.56. The quantitative estimate of drug-likeness (QED) is 0.872. The van der Waals surface area contributed by atoms with Crippen LogP contribution in [0.3, 0.4) is 0 Å². The van der Waals surface area contributed by atoms with Crippen LogP contribution in [-0.4, -0.2) is 25.3 Å². The number of ether oxygens (including phenoxy) is 2. The molecule has 0 amide bonds. The van der Waals surface area contributed by atoms with Gasteiger partial charge in [-0.1, -0.05) is 38.3 Å². The molecule has 22 heavy (non-hydrogen) atoms. The number of hydrogen-bond donors (Lipinski definition) is 1. The van der Waals surface area contributed by atoms with E-state index in [4.69, 9.17) is 21.1 Å². The Bertz CT molecular complexity index is 575. The lowest BCUT2D eigenvalue weighted by Gasteiger charge is -2.30. The molecule has 0 radical (unpaired) electrons. The third-order valence-corrected chi connectivity index (χ3v) is 4.88. The molecule has 1 aliphatic carbocycles. The van der Waals surface area contributed by atoms with E-state index >= 15 is 0 Å². The average Bonchev–Trinajstić information content (AvgIpc) is 2.96. The minimum absolute atomic E-state index is 0.105. The molecule has 1 aliphatic rings. The first-order chi connectivity index (χ1) is 10.4. The summed E-state index contributed by atoms with van der Waals surface area (Å²) < 4.78 is 10.9. The van der Waals surface area contributed by atoms with Gasteiger partial charge in [-0.15, -0.1) is 0 Å². The second kappa shape index (κ2) is 6.37. The van der Waals surface area contributed by atoms with Crippen molar-refractivity contribution in [2.75, 3.05) is 14.2 Å². The van der Waals surface area contributed by atoms with Gasteiger partial charge < -0.3 is 14.6 Å². The molecule has 0 aliphatic heterocycles. The average molecular weight is 327 g/mol. The molecule has 122 valence electrons. The van der Waals surface area contributed by atoms with Crippen LogP contribution >= 0.6 is 11.6 Å². The normalized spacial score (nSPS) is 16.8. The molecular weight excluding hydrogens is 304 g/mol. The molecule has 0 spiro atoms. The number of carboxylic acid groups (broad SMARTS) is 1. The molecule has 1 N–H and O–H groups in total. The Labute approximate surface area is 136 Å². The van der Waals surface area contributed by atoms with Crippen LogP contribution in [0.25, 0.3) is 0 Å². The molecule has 0 bridgehead atoms. The van der Waals surface area contributed by atoms with E-state index in [9.17, 15) is 9.90 Å². The first-order valence-corrected chi connectivity index (χ1v) is 7.95. The molecule has 1 fully saturated rings. The summed E-state index contributed by atoms with van der Waals surface area (Å²) >= 11 is 6.34. The number of halogens is 1. The van der Waals surface area contributed by atoms with Gasteiger partial charge in [0.1, 0.15) is 0 Å². The van der Waals surface area contributed by atoms with E-state index in [0.29, 0.717) is 29.4 Å². The Morgan fingerprint density at radius 3 is 2.18 bits per heavy atom. The van der Waals surface area contributed by atoms with E-state index in [0.717, 1.165) is 24.0 Å². The molecule has 0 saturated heterocycles. The van der Waals surface area contributed by atoms with Crippen LogP contribution in [0.2, 0.25) is 5.02 Å². The molecule has 0 unspecified atom stereocenters. The van der Waals surface area contributed by atoms with Gasteiger partial charge in [-0.25, -0.2) is 0 Å². The number of benzene rings is 1. The molecule has 1 aromatic rings. The fourth-order valence-corrected chi connectivity index (χ4v) is 3.83. The molecule has 0 aromatic heterocycles. The monoisotopic (exact) mass is 326 g/mol. The number of rotatable bonds is 5. The Balaban J connectivity index is 2.80. The van der Waals surface area contributed by atoms with Crippen molar-refractivity contribution in [2.24, 2.45) is 0 Å². The third-order valence-electron chi connectivity index (χ3n) is 4.60. The highest BCUT2D eigenvalue weighted by molar-refractivity contribution is 6.32. The summed E-state index contributed by atoms with van der Waals surface area (Å²) in [5, 5.41) is 10.3. The highest BCUT2D eigenvalue weighted by Crippen LogP contribution is 2.51. The van der Waals surface area contributed by atoms with Crippen molar-refractivity contribution >= 4 is 17.6 Å². The minimum Gasteiger partial charge on any atom is -0.492 e. The highest BCUT2D eigenvalue weighted by atomic mass is 35.5. The number of aliphatic carboxylic acids is 1. The van der Waals surface area contributed by atoms with Gasteiger partial charge >= 0.3 is 5.97 Å². The lowest BCUT2D eigenvalue weighted by molar-refractivity contribution is -0.143. The predicted molar refractivity (Wildman–Crippen MR) is 86.4 cm³/mol. The van der Waals surface area contributed by atoms with E-state index in [1.165, 1.54) is 7.11 Å². The zero-order chi connectivity index (χ0) is 16.5. The third kappa shape index (κ3) is 2.54. The number of methoxy groups -OCH3 is 2. The SMILES string of the molecule is COc1c(Cl)cc(C2(C(=O)O)CCCC2)c(C(C)C)c1OC. The lowest BCUT2D eigenvalue weighted by Crippen LogP contribution is -2.34. The standard InChI is InChI=1S/C17H23ClO4/c1-10(2)13-11(17(16(19)20)7-5-6-8-17)9-12(18)14(21-3)15(13)22-4/h9-10H,5-8H2,1-4H3,(H,19,20). The van der Waals surface area contributed by atoms with Gasteiger partial charge in [-0.05, 0) is 30.4 Å². The van der Waals surface area contributed by atoms with Crippen LogP contribution in [0.15, 0.2) is 6.07 Å². The molecule has 0 atom stereocenters. The second-order valence-corrected chi connectivity index (χ2v) is 6.54. The van der Waals surface area contributed by atoms with E-state index in [1.54, 1.807) is 13.2 Å². The number of carboxylic acids is 1. The van der Waals surface area contributed by atoms with Crippen LogP contribution in [0.5, 0.6) is 11.5 Å². The van der Waals surface area contributed by atoms with Gasteiger partial charge in [-0.3, -0.25) is 4.79 Å². The second-order valence-electron chi connectivity index (χ2n) is 6.14. The Hall–Kier alpha value is -1.42. The highest BCUT2D eigenvalue weighted by Gasteiger charge is 2.45. The number of carbonyl (C=O) groups is 1. The zero-order valence-corrected chi connectivity index (χ0v) is 14.3. The predicted octanol–water partition coefficient (Wildman–Crippen LogP) is 4.38. The van der Waals surface area contributed by atoms with Crippen molar-refractivity contribution in [1.82, 2.24) is 0 Å². The summed E-state index contributed by atoms with van der Waals surface area (Å²) in [4.78, 5) is 12.0. The Morgan fingerprint density at radius 2 is 1.77 bits per heavy atom. The van der Waals surface area contributed by atoms with Gasteiger partial charge in [0.05, 0.1) is 24.7 Å². The number of hydrogen-bond acceptors (Lipinski definition) is 3. The smallest absolute Gasteiger partial charge is 0.314 e. The van der Waals surface area contributed by atoms with Gasteiger partial charge in [-0.2, -0.15) is 0 Å². The van der Waals surface area contributed by atoms with E-state index in [-0.39, 0.29) is 5.92 Å². The van der Waals surface area contributed by atoms with E-state index in [1.807, 2.05) is 13.8 Å². The van der Waals surface area contributed by atoms with Crippen molar-refractivity contribution in [2.45, 2.75) is 50.9 Å². The molecule has 0 heterocycles. The Kier molecular flexibility index (Phi) is 4.90. The summed E-state index contributed by atoms with van der Waals surface area (Å²) in [6.07, 6.45) is 3.09. The van der Waals surface area contributed by atoms with E-state index in [2.05, 4.69) is 0 Å². The maximum atomic E-state index is 12.0. The molecule has 5 heteroatoms. The summed E-state index contributed by atoms with van der Waals surface area (Å²) in [6.45, 7) is 4.05. The summed E-state index contributed by atoms with van der Waals surface area (Å²) in [7, 11) is 3.10. The first kappa shape index (κ1) is 16.9. The van der Waals surface area contributed by atoms with Crippen molar-refractivity contribution in [3.05, 3.63) is 22.2 Å². The van der Waals surface area contributed by atoms with Crippen LogP contribution in [0.1, 0.15) is 56.6 Å². The van der Waals surface area contributed by atoms with Crippen LogP contribution < -0.4 is 9.47 Å². The fraction of sp³-hybridized carbons (Fsp3) is 0.588. The summed E-state index contributed by atoms with van der Waals surface area (Å²) in [5.74, 6) is 0.339.